The van der Waals surface area contributed by atoms with Gasteiger partial charge in [0.05, 0.1) is 6.10 Å². The molecule has 0 aliphatic heterocycles. The fraction of sp³-hybridized carbons (Fsp3) is 0.556. The summed E-state index contributed by atoms with van der Waals surface area (Å²) < 4.78 is 0. The Balaban J connectivity index is 2.54. The number of rotatable bonds is 5. The van der Waals surface area contributed by atoms with Crippen LogP contribution in [0.15, 0.2) is 12.4 Å². The number of aliphatic hydroxyl groups excluding tert-OH is 1. The molecule has 1 rings (SSSR count). The lowest BCUT2D eigenvalue weighted by atomic mass is 10.4. The molecule has 78 valence electrons. The molecule has 0 aliphatic rings. The Labute approximate surface area is 83.6 Å². The summed E-state index contributed by atoms with van der Waals surface area (Å²) in [5, 5.41) is 15.1. The fourth-order valence-electron chi connectivity index (χ4n) is 0.984. The van der Waals surface area contributed by atoms with Gasteiger partial charge in [-0.1, -0.05) is 0 Å². The third-order valence-electron chi connectivity index (χ3n) is 1.60. The number of hydrogen-bond acceptors (Lipinski definition) is 5. The van der Waals surface area contributed by atoms with Gasteiger partial charge < -0.3 is 15.7 Å². The first-order valence-corrected chi connectivity index (χ1v) is 4.70. The molecule has 5 heteroatoms. The van der Waals surface area contributed by atoms with E-state index in [0.29, 0.717) is 6.54 Å². The van der Waals surface area contributed by atoms with Crippen molar-refractivity contribution in [1.29, 1.82) is 0 Å². The Morgan fingerprint density at radius 1 is 1.36 bits per heavy atom. The van der Waals surface area contributed by atoms with Crippen LogP contribution in [0.4, 0.5) is 11.6 Å². The lowest BCUT2D eigenvalue weighted by Crippen LogP contribution is -2.16. The molecule has 1 atom stereocenters. The van der Waals surface area contributed by atoms with Crippen molar-refractivity contribution in [3.05, 3.63) is 12.4 Å². The van der Waals surface area contributed by atoms with E-state index in [2.05, 4.69) is 20.6 Å². The van der Waals surface area contributed by atoms with Crippen molar-refractivity contribution in [2.75, 3.05) is 23.7 Å². The molecule has 0 radical (unpaired) electrons. The van der Waals surface area contributed by atoms with Crippen LogP contribution in [0.3, 0.4) is 0 Å². The standard InChI is InChI=1S/C9H16N4O/c1-3-10-8-4-9(13-6-12-8)11-5-7(2)14/h4,6-7,14H,3,5H2,1-2H3,(H2,10,11,12,13). The molecule has 1 aromatic heterocycles. The molecular weight excluding hydrogens is 180 g/mol. The van der Waals surface area contributed by atoms with E-state index < -0.39 is 0 Å². The van der Waals surface area contributed by atoms with Crippen LogP contribution in [0.5, 0.6) is 0 Å². The first-order chi connectivity index (χ1) is 6.72. The summed E-state index contributed by atoms with van der Waals surface area (Å²) in [6.07, 6.45) is 1.11. The van der Waals surface area contributed by atoms with Gasteiger partial charge in [0.25, 0.3) is 0 Å². The highest BCUT2D eigenvalue weighted by Crippen LogP contribution is 2.07. The van der Waals surface area contributed by atoms with Crippen molar-refractivity contribution >= 4 is 11.6 Å². The molecule has 3 N–H and O–H groups in total. The van der Waals surface area contributed by atoms with Gasteiger partial charge in [0.2, 0.25) is 0 Å². The van der Waals surface area contributed by atoms with Gasteiger partial charge in [-0.25, -0.2) is 9.97 Å². The van der Waals surface area contributed by atoms with E-state index in [0.717, 1.165) is 18.2 Å². The highest BCUT2D eigenvalue weighted by Gasteiger charge is 1.98. The average Bonchev–Trinajstić information content (AvgIpc) is 2.16. The number of anilines is 2. The smallest absolute Gasteiger partial charge is 0.131 e. The summed E-state index contributed by atoms with van der Waals surface area (Å²) in [7, 11) is 0. The Morgan fingerprint density at radius 2 is 2.00 bits per heavy atom. The van der Waals surface area contributed by atoms with E-state index >= 15 is 0 Å². The molecule has 14 heavy (non-hydrogen) atoms. The highest BCUT2D eigenvalue weighted by atomic mass is 16.3. The van der Waals surface area contributed by atoms with Crippen LogP contribution in [-0.2, 0) is 0 Å². The summed E-state index contributed by atoms with van der Waals surface area (Å²) in [6, 6.07) is 1.81. The van der Waals surface area contributed by atoms with Crippen LogP contribution in [0.1, 0.15) is 13.8 Å². The monoisotopic (exact) mass is 196 g/mol. The molecule has 1 aromatic rings. The van der Waals surface area contributed by atoms with E-state index in [4.69, 9.17) is 5.11 Å². The minimum absolute atomic E-state index is 0.382. The van der Waals surface area contributed by atoms with Crippen LogP contribution in [0.25, 0.3) is 0 Å². The second-order valence-corrected chi connectivity index (χ2v) is 3.05. The maximum atomic E-state index is 9.06. The van der Waals surface area contributed by atoms with Gasteiger partial charge >= 0.3 is 0 Å². The second-order valence-electron chi connectivity index (χ2n) is 3.05. The largest absolute Gasteiger partial charge is 0.392 e. The zero-order valence-corrected chi connectivity index (χ0v) is 8.49. The zero-order chi connectivity index (χ0) is 10.4. The van der Waals surface area contributed by atoms with Crippen LogP contribution in [0.2, 0.25) is 0 Å². The number of nitrogens with one attached hydrogen (secondary N) is 2. The SMILES string of the molecule is CCNc1cc(NCC(C)O)ncn1. The van der Waals surface area contributed by atoms with Crippen molar-refractivity contribution < 1.29 is 5.11 Å². The minimum Gasteiger partial charge on any atom is -0.392 e. The van der Waals surface area contributed by atoms with Gasteiger partial charge in [0, 0.05) is 19.2 Å². The van der Waals surface area contributed by atoms with Gasteiger partial charge in [-0.15, -0.1) is 0 Å². The highest BCUT2D eigenvalue weighted by molar-refractivity contribution is 5.46. The summed E-state index contributed by atoms with van der Waals surface area (Å²) in [6.45, 7) is 5.04. The molecule has 0 aliphatic carbocycles. The van der Waals surface area contributed by atoms with Crippen LogP contribution in [0, 0.1) is 0 Å². The van der Waals surface area contributed by atoms with E-state index in [-0.39, 0.29) is 6.10 Å². The Morgan fingerprint density at radius 3 is 2.57 bits per heavy atom. The van der Waals surface area contributed by atoms with Gasteiger partial charge in [-0.05, 0) is 13.8 Å². The molecule has 1 heterocycles. The number of nitrogens with zero attached hydrogens (tertiary/aromatic N) is 2. The first kappa shape index (κ1) is 10.7. The van der Waals surface area contributed by atoms with Crippen molar-refractivity contribution in [2.45, 2.75) is 20.0 Å². The quantitative estimate of drug-likeness (QED) is 0.646. The van der Waals surface area contributed by atoms with Crippen molar-refractivity contribution in [1.82, 2.24) is 9.97 Å². The average molecular weight is 196 g/mol. The zero-order valence-electron chi connectivity index (χ0n) is 8.49. The van der Waals surface area contributed by atoms with Crippen LogP contribution >= 0.6 is 0 Å². The predicted molar refractivity (Wildman–Crippen MR) is 56.4 cm³/mol. The van der Waals surface area contributed by atoms with Crippen molar-refractivity contribution in [2.24, 2.45) is 0 Å². The maximum absolute atomic E-state index is 9.06. The number of aromatic nitrogens is 2. The Bertz CT molecular complexity index is 277. The molecule has 0 saturated heterocycles. The molecule has 0 fully saturated rings. The summed E-state index contributed by atoms with van der Waals surface area (Å²) in [5.41, 5.74) is 0. The molecular formula is C9H16N4O. The summed E-state index contributed by atoms with van der Waals surface area (Å²) >= 11 is 0. The first-order valence-electron chi connectivity index (χ1n) is 4.70. The van der Waals surface area contributed by atoms with Gasteiger partial charge in [0.1, 0.15) is 18.0 Å². The Kier molecular flexibility index (Phi) is 4.12. The van der Waals surface area contributed by atoms with Gasteiger partial charge in [-0.3, -0.25) is 0 Å². The van der Waals surface area contributed by atoms with Gasteiger partial charge in [-0.2, -0.15) is 0 Å². The third kappa shape index (κ3) is 3.57. The normalized spacial score (nSPS) is 12.2. The molecule has 1 unspecified atom stereocenters. The predicted octanol–water partition coefficient (Wildman–Crippen LogP) is 0.701. The topological polar surface area (TPSA) is 70.1 Å². The number of aliphatic hydroxyl groups is 1. The van der Waals surface area contributed by atoms with Crippen LogP contribution in [-0.4, -0.2) is 34.3 Å². The molecule has 0 bridgehead atoms. The molecule has 5 nitrogen and oxygen atoms in total. The summed E-state index contributed by atoms with van der Waals surface area (Å²) in [5.74, 6) is 1.51. The van der Waals surface area contributed by atoms with Crippen molar-refractivity contribution in [3.8, 4) is 0 Å². The van der Waals surface area contributed by atoms with Crippen LogP contribution < -0.4 is 10.6 Å². The van der Waals surface area contributed by atoms with E-state index in [1.54, 1.807) is 6.92 Å². The maximum Gasteiger partial charge on any atom is 0.131 e. The van der Waals surface area contributed by atoms with Gasteiger partial charge in [0.15, 0.2) is 0 Å². The van der Waals surface area contributed by atoms with E-state index in [9.17, 15) is 0 Å². The molecule has 0 aromatic carbocycles. The molecule has 0 spiro atoms. The lowest BCUT2D eigenvalue weighted by Gasteiger charge is -2.08. The van der Waals surface area contributed by atoms with E-state index in [1.165, 1.54) is 6.33 Å². The second kappa shape index (κ2) is 5.39. The lowest BCUT2D eigenvalue weighted by molar-refractivity contribution is 0.208. The molecule has 0 saturated carbocycles. The van der Waals surface area contributed by atoms with Crippen molar-refractivity contribution in [3.63, 3.8) is 0 Å². The third-order valence-corrected chi connectivity index (χ3v) is 1.60. The number of hydrogen-bond donors (Lipinski definition) is 3. The fourth-order valence-corrected chi connectivity index (χ4v) is 0.984. The minimum atomic E-state index is -0.382. The summed E-state index contributed by atoms with van der Waals surface area (Å²) in [4.78, 5) is 8.05. The van der Waals surface area contributed by atoms with E-state index in [1.807, 2.05) is 13.0 Å². The molecule has 0 amide bonds. The Hall–Kier alpha value is -1.36.